The molecule has 2 atom stereocenters. The van der Waals surface area contributed by atoms with Crippen LogP contribution in [0.15, 0.2) is 65.6 Å². The molecule has 7 heteroatoms. The number of hydrogen-bond donors (Lipinski definition) is 3. The highest BCUT2D eigenvalue weighted by Gasteiger charge is 2.28. The maximum absolute atomic E-state index is 12.8. The lowest BCUT2D eigenvalue weighted by Gasteiger charge is -2.19. The first-order valence-corrected chi connectivity index (χ1v) is 12.2. The van der Waals surface area contributed by atoms with Gasteiger partial charge in [0, 0.05) is 28.5 Å². The normalized spacial score (nSPS) is 14.9. The van der Waals surface area contributed by atoms with Gasteiger partial charge >= 0.3 is 0 Å². The van der Waals surface area contributed by atoms with Crippen LogP contribution in [0.3, 0.4) is 0 Å². The van der Waals surface area contributed by atoms with Gasteiger partial charge in [-0.3, -0.25) is 4.79 Å². The van der Waals surface area contributed by atoms with E-state index in [1.807, 2.05) is 31.2 Å². The number of nitrogens with two attached hydrogens (primary N) is 1. The molecule has 6 nitrogen and oxygen atoms in total. The summed E-state index contributed by atoms with van der Waals surface area (Å²) in [5, 5.41) is 12.1. The van der Waals surface area contributed by atoms with Gasteiger partial charge in [0.15, 0.2) is 0 Å². The van der Waals surface area contributed by atoms with Crippen molar-refractivity contribution in [1.82, 2.24) is 0 Å². The number of ether oxygens (including phenoxy) is 1. The zero-order chi connectivity index (χ0) is 23.5. The van der Waals surface area contributed by atoms with Crippen molar-refractivity contribution in [2.24, 2.45) is 11.1 Å². The third-order valence-corrected chi connectivity index (χ3v) is 6.83. The summed E-state index contributed by atoms with van der Waals surface area (Å²) in [4.78, 5) is 13.1. The lowest BCUT2D eigenvalue weighted by Crippen LogP contribution is -2.17. The molecule has 1 amide bonds. The summed E-state index contributed by atoms with van der Waals surface area (Å²) < 4.78 is 16.8. The van der Waals surface area contributed by atoms with Crippen LogP contribution in [0.4, 0.5) is 11.4 Å². The van der Waals surface area contributed by atoms with E-state index >= 15 is 0 Å². The van der Waals surface area contributed by atoms with Gasteiger partial charge in [-0.25, -0.2) is 9.35 Å². The molecule has 33 heavy (non-hydrogen) atoms. The number of anilines is 2. The van der Waals surface area contributed by atoms with E-state index in [1.165, 1.54) is 20.0 Å². The van der Waals surface area contributed by atoms with E-state index in [0.29, 0.717) is 27.9 Å². The van der Waals surface area contributed by atoms with Crippen molar-refractivity contribution in [2.75, 3.05) is 17.7 Å². The van der Waals surface area contributed by atoms with Crippen LogP contribution < -0.4 is 20.5 Å². The first-order valence-electron chi connectivity index (χ1n) is 11.0. The van der Waals surface area contributed by atoms with Crippen LogP contribution in [0, 0.1) is 12.8 Å². The zero-order valence-electron chi connectivity index (χ0n) is 19.1. The predicted molar refractivity (Wildman–Crippen MR) is 134 cm³/mol. The second-order valence-corrected chi connectivity index (χ2v) is 9.50. The van der Waals surface area contributed by atoms with Crippen LogP contribution in [-0.2, 0) is 11.0 Å². The molecule has 3 aromatic rings. The molecule has 1 aliphatic carbocycles. The fourth-order valence-electron chi connectivity index (χ4n) is 4.03. The monoisotopic (exact) mass is 463 g/mol. The minimum atomic E-state index is -1.69. The van der Waals surface area contributed by atoms with Gasteiger partial charge in [-0.05, 0) is 80.1 Å². The van der Waals surface area contributed by atoms with Crippen molar-refractivity contribution in [3.05, 3.63) is 71.8 Å². The topological polar surface area (TPSA) is 93.4 Å². The van der Waals surface area contributed by atoms with Gasteiger partial charge in [-0.1, -0.05) is 24.3 Å². The average molecular weight is 464 g/mol. The smallest absolute Gasteiger partial charge is 0.255 e. The van der Waals surface area contributed by atoms with E-state index in [0.717, 1.165) is 28.3 Å². The molecule has 0 heterocycles. The summed E-state index contributed by atoms with van der Waals surface area (Å²) in [5.41, 5.74) is 5.55. The molecular weight excluding hydrogens is 434 g/mol. The second-order valence-electron chi connectivity index (χ2n) is 8.46. The van der Waals surface area contributed by atoms with E-state index in [1.54, 1.807) is 18.2 Å². The maximum atomic E-state index is 12.8. The highest BCUT2D eigenvalue weighted by atomic mass is 32.2. The van der Waals surface area contributed by atoms with Crippen LogP contribution in [0.2, 0.25) is 0 Å². The van der Waals surface area contributed by atoms with E-state index in [-0.39, 0.29) is 5.91 Å². The molecule has 1 aliphatic rings. The van der Waals surface area contributed by atoms with Gasteiger partial charge in [0.25, 0.3) is 5.91 Å². The first-order chi connectivity index (χ1) is 15.9. The lowest BCUT2D eigenvalue weighted by atomic mass is 9.97. The molecule has 1 fully saturated rings. The Labute approximate surface area is 197 Å². The molecule has 0 bridgehead atoms. The Balaban J connectivity index is 1.54. The number of amides is 1. The third-order valence-electron chi connectivity index (χ3n) is 6.06. The molecule has 3 aromatic carbocycles. The Hall–Kier alpha value is -3.16. The number of methoxy groups -OCH3 is 1. The minimum absolute atomic E-state index is 0.282. The fourth-order valence-corrected chi connectivity index (χ4v) is 4.57. The molecule has 0 aromatic heterocycles. The Morgan fingerprint density at radius 3 is 2.52 bits per heavy atom. The van der Waals surface area contributed by atoms with E-state index in [9.17, 15) is 9.00 Å². The summed E-state index contributed by atoms with van der Waals surface area (Å²) in [5.74, 6) is 0.795. The molecule has 1 saturated carbocycles. The van der Waals surface area contributed by atoms with Gasteiger partial charge in [0.05, 0.1) is 12.0 Å². The molecule has 4 N–H and O–H groups in total. The van der Waals surface area contributed by atoms with Crippen molar-refractivity contribution in [1.29, 1.82) is 0 Å². The van der Waals surface area contributed by atoms with Gasteiger partial charge in [-0.15, -0.1) is 0 Å². The summed E-state index contributed by atoms with van der Waals surface area (Å²) in [6, 6.07) is 19.4. The first kappa shape index (κ1) is 23.0. The zero-order valence-corrected chi connectivity index (χ0v) is 19.9. The van der Waals surface area contributed by atoms with E-state index in [4.69, 9.17) is 9.88 Å². The average Bonchev–Trinajstić information content (AvgIpc) is 3.65. The third kappa shape index (κ3) is 5.26. The largest absolute Gasteiger partial charge is 0.495 e. The number of carbonyl (C=O) groups excluding carboxylic acids is 1. The molecule has 0 radical (unpaired) electrons. The number of hydrogen-bond acceptors (Lipinski definition) is 4. The van der Waals surface area contributed by atoms with Crippen LogP contribution in [0.5, 0.6) is 5.75 Å². The molecular formula is C26H29N3O3S. The number of aryl methyl sites for hydroxylation is 1. The predicted octanol–water partition coefficient (Wildman–Crippen LogP) is 5.11. The van der Waals surface area contributed by atoms with Gasteiger partial charge in [0.1, 0.15) is 16.7 Å². The van der Waals surface area contributed by atoms with Crippen LogP contribution in [0.25, 0.3) is 11.1 Å². The highest BCUT2D eigenvalue weighted by Crippen LogP contribution is 2.37. The summed E-state index contributed by atoms with van der Waals surface area (Å²) in [6.07, 6.45) is 2.59. The van der Waals surface area contributed by atoms with Gasteiger partial charge in [0.2, 0.25) is 0 Å². The Morgan fingerprint density at radius 2 is 1.85 bits per heavy atom. The molecule has 172 valence electrons. The van der Waals surface area contributed by atoms with Crippen molar-refractivity contribution in [2.45, 2.75) is 37.6 Å². The molecule has 0 aliphatic heterocycles. The van der Waals surface area contributed by atoms with E-state index < -0.39 is 11.0 Å². The van der Waals surface area contributed by atoms with Crippen LogP contribution in [0.1, 0.15) is 35.7 Å². The SMILES string of the molecule is COc1cc(C(=O)Nc2ccc(-c3ccccc3NC(C)C3CC3)c(C)c2)ccc1S(N)=O. The number of rotatable bonds is 8. The number of benzene rings is 3. The maximum Gasteiger partial charge on any atom is 0.255 e. The Kier molecular flexibility index (Phi) is 6.81. The molecule has 0 spiro atoms. The van der Waals surface area contributed by atoms with Crippen molar-refractivity contribution in [3.63, 3.8) is 0 Å². The summed E-state index contributed by atoms with van der Waals surface area (Å²) in [7, 11) is -0.239. The minimum Gasteiger partial charge on any atom is -0.495 e. The Bertz CT molecular complexity index is 1210. The fraction of sp³-hybridized carbons (Fsp3) is 0.269. The highest BCUT2D eigenvalue weighted by molar-refractivity contribution is 7.82. The number of para-hydroxylation sites is 1. The molecule has 4 rings (SSSR count). The summed E-state index contributed by atoms with van der Waals surface area (Å²) in [6.45, 7) is 4.28. The Morgan fingerprint density at radius 1 is 1.09 bits per heavy atom. The number of nitrogens with one attached hydrogen (secondary N) is 2. The lowest BCUT2D eigenvalue weighted by molar-refractivity contribution is 0.102. The molecule has 2 unspecified atom stereocenters. The van der Waals surface area contributed by atoms with Crippen molar-refractivity contribution >= 4 is 28.3 Å². The van der Waals surface area contributed by atoms with Crippen LogP contribution in [-0.4, -0.2) is 23.3 Å². The van der Waals surface area contributed by atoms with Gasteiger partial charge in [-0.2, -0.15) is 0 Å². The summed E-state index contributed by atoms with van der Waals surface area (Å²) >= 11 is 0. The van der Waals surface area contributed by atoms with E-state index in [2.05, 4.69) is 35.8 Å². The van der Waals surface area contributed by atoms with Crippen molar-refractivity contribution in [3.8, 4) is 16.9 Å². The van der Waals surface area contributed by atoms with Crippen molar-refractivity contribution < 1.29 is 13.7 Å². The van der Waals surface area contributed by atoms with Crippen LogP contribution >= 0.6 is 0 Å². The van der Waals surface area contributed by atoms with Gasteiger partial charge < -0.3 is 15.4 Å². The second kappa shape index (κ2) is 9.77. The molecule has 0 saturated heterocycles. The standard InChI is InChI=1S/C26H29N3O3S/c1-16-14-20(29-26(30)19-10-13-25(33(27)31)24(15-19)32-3)11-12-21(16)22-6-4-5-7-23(22)28-17(2)18-8-9-18/h4-7,10-15,17-18,28H,8-9,27H2,1-3H3,(H,29,30). The quantitative estimate of drug-likeness (QED) is 0.432. The number of carbonyl (C=O) groups is 1.